The second-order valence-electron chi connectivity index (χ2n) is 2.84. The number of halogens is 1. The van der Waals surface area contributed by atoms with Crippen molar-refractivity contribution in [2.24, 2.45) is 0 Å². The Bertz CT molecular complexity index is 401. The van der Waals surface area contributed by atoms with E-state index in [1.54, 1.807) is 18.2 Å². The van der Waals surface area contributed by atoms with Gasteiger partial charge in [-0.15, -0.1) is 0 Å². The lowest BCUT2D eigenvalue weighted by Gasteiger charge is -2.12. The molecule has 1 aromatic carbocycles. The lowest BCUT2D eigenvalue weighted by molar-refractivity contribution is 0.168. The van der Waals surface area contributed by atoms with Gasteiger partial charge < -0.3 is 4.74 Å². The quantitative estimate of drug-likeness (QED) is 0.725. The molecule has 0 aliphatic heterocycles. The maximum atomic E-state index is 11.3. The van der Waals surface area contributed by atoms with Crippen LogP contribution in [0.1, 0.15) is 0 Å². The molecule has 78 valence electrons. The van der Waals surface area contributed by atoms with Crippen LogP contribution in [0.15, 0.2) is 24.3 Å². The fraction of sp³-hybridized carbons (Fsp3) is 0.200. The smallest absolute Gasteiger partial charge is 0.410 e. The Kier molecular flexibility index (Phi) is 3.95. The summed E-state index contributed by atoms with van der Waals surface area (Å²) in [6.45, 7) is -0.0145. The molecule has 0 saturated heterocycles. The van der Waals surface area contributed by atoms with Crippen LogP contribution < -0.4 is 4.74 Å². The maximum Gasteiger partial charge on any atom is 0.415 e. The van der Waals surface area contributed by atoms with Crippen molar-refractivity contribution in [3.05, 3.63) is 29.3 Å². The van der Waals surface area contributed by atoms with Crippen molar-refractivity contribution in [1.29, 1.82) is 5.26 Å². The third kappa shape index (κ3) is 3.49. The average molecular weight is 225 g/mol. The molecular formula is C10H9ClN2O2. The molecule has 0 aliphatic carbocycles. The Morgan fingerprint density at radius 3 is 3.00 bits per heavy atom. The van der Waals surface area contributed by atoms with Crippen molar-refractivity contribution in [3.63, 3.8) is 0 Å². The van der Waals surface area contributed by atoms with Crippen LogP contribution in [0.2, 0.25) is 5.02 Å². The Balaban J connectivity index is 2.63. The SMILES string of the molecule is CN(CC#N)C(=O)Oc1cccc(Cl)c1. The van der Waals surface area contributed by atoms with E-state index in [-0.39, 0.29) is 6.54 Å². The van der Waals surface area contributed by atoms with Gasteiger partial charge in [0.15, 0.2) is 0 Å². The van der Waals surface area contributed by atoms with Crippen LogP contribution in [-0.4, -0.2) is 24.6 Å². The zero-order valence-corrected chi connectivity index (χ0v) is 8.86. The van der Waals surface area contributed by atoms with Crippen LogP contribution >= 0.6 is 11.6 Å². The summed E-state index contributed by atoms with van der Waals surface area (Å²) < 4.78 is 4.96. The maximum absolute atomic E-state index is 11.3. The molecule has 1 aromatic rings. The van der Waals surface area contributed by atoms with Crippen LogP contribution in [0.25, 0.3) is 0 Å². The van der Waals surface area contributed by atoms with E-state index in [4.69, 9.17) is 21.6 Å². The molecule has 0 atom stereocenters. The molecule has 0 heterocycles. The summed E-state index contributed by atoms with van der Waals surface area (Å²) in [6.07, 6.45) is -0.584. The minimum absolute atomic E-state index is 0.0145. The highest BCUT2D eigenvalue weighted by molar-refractivity contribution is 6.30. The van der Waals surface area contributed by atoms with E-state index in [0.717, 1.165) is 0 Å². The van der Waals surface area contributed by atoms with Crippen molar-refractivity contribution >= 4 is 17.7 Å². The number of nitrogens with zero attached hydrogens (tertiary/aromatic N) is 2. The first-order chi connectivity index (χ1) is 7.13. The van der Waals surface area contributed by atoms with E-state index in [9.17, 15) is 4.79 Å². The van der Waals surface area contributed by atoms with Gasteiger partial charge >= 0.3 is 6.09 Å². The number of carbonyl (C=O) groups is 1. The highest BCUT2D eigenvalue weighted by Gasteiger charge is 2.10. The zero-order chi connectivity index (χ0) is 11.3. The third-order valence-corrected chi connectivity index (χ3v) is 1.86. The molecule has 4 nitrogen and oxygen atoms in total. The summed E-state index contributed by atoms with van der Waals surface area (Å²) in [5.41, 5.74) is 0. The first-order valence-corrected chi connectivity index (χ1v) is 4.56. The summed E-state index contributed by atoms with van der Waals surface area (Å²) in [6, 6.07) is 8.34. The molecule has 0 bridgehead atoms. The van der Waals surface area contributed by atoms with E-state index in [1.165, 1.54) is 18.0 Å². The van der Waals surface area contributed by atoms with E-state index >= 15 is 0 Å². The van der Waals surface area contributed by atoms with Gasteiger partial charge in [-0.1, -0.05) is 17.7 Å². The third-order valence-electron chi connectivity index (χ3n) is 1.62. The topological polar surface area (TPSA) is 53.3 Å². The first-order valence-electron chi connectivity index (χ1n) is 4.19. The highest BCUT2D eigenvalue weighted by Crippen LogP contribution is 2.17. The number of carbonyl (C=O) groups excluding carboxylic acids is 1. The normalized spacial score (nSPS) is 9.13. The second-order valence-corrected chi connectivity index (χ2v) is 3.28. The van der Waals surface area contributed by atoms with Gasteiger partial charge in [0, 0.05) is 12.1 Å². The van der Waals surface area contributed by atoms with Crippen LogP contribution in [0.5, 0.6) is 5.75 Å². The lowest BCUT2D eigenvalue weighted by Crippen LogP contribution is -2.29. The Morgan fingerprint density at radius 2 is 2.40 bits per heavy atom. The number of ether oxygens (including phenoxy) is 1. The molecule has 0 aliphatic rings. The summed E-state index contributed by atoms with van der Waals surface area (Å²) in [5, 5.41) is 8.86. The number of hydrogen-bond donors (Lipinski definition) is 0. The summed E-state index contributed by atoms with van der Waals surface area (Å²) in [5.74, 6) is 0.359. The van der Waals surface area contributed by atoms with Crippen molar-refractivity contribution in [3.8, 4) is 11.8 Å². The van der Waals surface area contributed by atoms with Crippen molar-refractivity contribution < 1.29 is 9.53 Å². The van der Waals surface area contributed by atoms with E-state index in [2.05, 4.69) is 0 Å². The van der Waals surface area contributed by atoms with Gasteiger partial charge in [0.2, 0.25) is 0 Å². The van der Waals surface area contributed by atoms with Gasteiger partial charge in [0.25, 0.3) is 0 Å². The number of benzene rings is 1. The number of hydrogen-bond acceptors (Lipinski definition) is 3. The molecule has 15 heavy (non-hydrogen) atoms. The zero-order valence-electron chi connectivity index (χ0n) is 8.11. The monoisotopic (exact) mass is 224 g/mol. The van der Waals surface area contributed by atoms with Gasteiger partial charge in [0.05, 0.1) is 6.07 Å². The Hall–Kier alpha value is -1.73. The summed E-state index contributed by atoms with van der Waals surface area (Å²) >= 11 is 5.71. The van der Waals surface area contributed by atoms with Gasteiger partial charge in [-0.05, 0) is 18.2 Å². The molecule has 0 unspecified atom stereocenters. The minimum Gasteiger partial charge on any atom is -0.410 e. The van der Waals surface area contributed by atoms with Crippen molar-refractivity contribution in [1.82, 2.24) is 4.90 Å². The fourth-order valence-corrected chi connectivity index (χ4v) is 1.06. The van der Waals surface area contributed by atoms with Crippen LogP contribution in [0.3, 0.4) is 0 Å². The van der Waals surface area contributed by atoms with E-state index in [0.29, 0.717) is 10.8 Å². The Labute approximate surface area is 92.6 Å². The van der Waals surface area contributed by atoms with Crippen LogP contribution in [-0.2, 0) is 0 Å². The first kappa shape index (κ1) is 11.3. The van der Waals surface area contributed by atoms with Gasteiger partial charge in [-0.3, -0.25) is 4.90 Å². The standard InChI is InChI=1S/C10H9ClN2O2/c1-13(6-5-12)10(14)15-9-4-2-3-8(11)7-9/h2-4,7H,6H2,1H3. The molecular weight excluding hydrogens is 216 g/mol. The largest absolute Gasteiger partial charge is 0.415 e. The molecule has 1 rings (SSSR count). The molecule has 5 heteroatoms. The number of nitriles is 1. The minimum atomic E-state index is -0.584. The molecule has 1 amide bonds. The Morgan fingerprint density at radius 1 is 1.67 bits per heavy atom. The average Bonchev–Trinajstić information content (AvgIpc) is 2.18. The molecule has 0 spiro atoms. The molecule has 0 radical (unpaired) electrons. The van der Waals surface area contributed by atoms with Gasteiger partial charge in [-0.25, -0.2) is 4.79 Å². The van der Waals surface area contributed by atoms with Crippen molar-refractivity contribution in [2.45, 2.75) is 0 Å². The van der Waals surface area contributed by atoms with E-state index < -0.39 is 6.09 Å². The molecule has 0 fully saturated rings. The number of rotatable bonds is 2. The summed E-state index contributed by atoms with van der Waals surface area (Å²) in [7, 11) is 1.48. The summed E-state index contributed by atoms with van der Waals surface area (Å²) in [4.78, 5) is 12.5. The van der Waals surface area contributed by atoms with Crippen LogP contribution in [0, 0.1) is 11.3 Å². The molecule has 0 aromatic heterocycles. The second kappa shape index (κ2) is 5.23. The van der Waals surface area contributed by atoms with Gasteiger partial charge in [-0.2, -0.15) is 5.26 Å². The lowest BCUT2D eigenvalue weighted by atomic mass is 10.3. The van der Waals surface area contributed by atoms with Crippen molar-refractivity contribution in [2.75, 3.05) is 13.6 Å². The fourth-order valence-electron chi connectivity index (χ4n) is 0.880. The highest BCUT2D eigenvalue weighted by atomic mass is 35.5. The van der Waals surface area contributed by atoms with Crippen LogP contribution in [0.4, 0.5) is 4.79 Å². The predicted octanol–water partition coefficient (Wildman–Crippen LogP) is 2.29. The van der Waals surface area contributed by atoms with Gasteiger partial charge in [0.1, 0.15) is 12.3 Å². The molecule has 0 N–H and O–H groups in total. The molecule has 0 saturated carbocycles. The van der Waals surface area contributed by atoms with E-state index in [1.807, 2.05) is 6.07 Å². The predicted molar refractivity (Wildman–Crippen MR) is 55.7 cm³/mol. The number of amides is 1.